The Hall–Kier alpha value is -1.64. The Kier molecular flexibility index (Phi) is 5.86. The summed E-state index contributed by atoms with van der Waals surface area (Å²) < 4.78 is 3.05. The van der Waals surface area contributed by atoms with Crippen LogP contribution in [0.15, 0.2) is 28.7 Å². The first kappa shape index (κ1) is 20.6. The quantitative estimate of drug-likeness (QED) is 0.563. The summed E-state index contributed by atoms with van der Waals surface area (Å²) in [4.78, 5) is 10.8. The van der Waals surface area contributed by atoms with Crippen molar-refractivity contribution >= 4 is 43.2 Å². The lowest BCUT2D eigenvalue weighted by Gasteiger charge is -2.34. The van der Waals surface area contributed by atoms with Crippen LogP contribution in [0.4, 0.5) is 10.9 Å². The first-order valence-electron chi connectivity index (χ1n) is 10.2. The van der Waals surface area contributed by atoms with E-state index >= 15 is 0 Å². The molecule has 29 heavy (non-hydrogen) atoms. The summed E-state index contributed by atoms with van der Waals surface area (Å²) in [5.74, 6) is 0.960. The van der Waals surface area contributed by atoms with Crippen LogP contribution >= 0.6 is 27.3 Å². The first-order valence-corrected chi connectivity index (χ1v) is 11.9. The number of aromatic nitrogens is 3. The Morgan fingerprint density at radius 1 is 1.10 bits per heavy atom. The zero-order valence-corrected chi connectivity index (χ0v) is 20.0. The van der Waals surface area contributed by atoms with Gasteiger partial charge in [0.2, 0.25) is 10.1 Å². The summed E-state index contributed by atoms with van der Waals surface area (Å²) in [6.45, 7) is 14.2. The maximum atomic E-state index is 4.96. The summed E-state index contributed by atoms with van der Waals surface area (Å²) in [5, 5.41) is 9.65. The molecule has 0 bridgehead atoms. The van der Waals surface area contributed by atoms with Gasteiger partial charge in [-0.15, -0.1) is 5.10 Å². The van der Waals surface area contributed by atoms with E-state index in [2.05, 4.69) is 83.0 Å². The highest BCUT2D eigenvalue weighted by molar-refractivity contribution is 9.10. The topological polar surface area (TPSA) is 48.7 Å². The van der Waals surface area contributed by atoms with E-state index in [1.807, 2.05) is 4.52 Å². The number of imidazole rings is 1. The summed E-state index contributed by atoms with van der Waals surface area (Å²) >= 11 is 5.20. The maximum absolute atomic E-state index is 4.96. The van der Waals surface area contributed by atoms with Gasteiger partial charge in [0, 0.05) is 41.8 Å². The number of nitrogens with zero attached hydrogens (tertiary/aromatic N) is 5. The van der Waals surface area contributed by atoms with E-state index in [4.69, 9.17) is 10.1 Å². The highest BCUT2D eigenvalue weighted by atomic mass is 79.9. The zero-order chi connectivity index (χ0) is 20.6. The van der Waals surface area contributed by atoms with Crippen molar-refractivity contribution in [2.24, 2.45) is 0 Å². The number of rotatable bonds is 5. The SMILES string of the molecule is CCCN1CCN(c2nn3c(NC(C)(C)C)c(-c4ccc(Br)cc4)nc3s2)CC1. The fourth-order valence-corrected chi connectivity index (χ4v) is 4.84. The molecule has 1 fully saturated rings. The van der Waals surface area contributed by atoms with Gasteiger partial charge >= 0.3 is 0 Å². The lowest BCUT2D eigenvalue weighted by Crippen LogP contribution is -2.46. The molecule has 6 nitrogen and oxygen atoms in total. The Labute approximate surface area is 185 Å². The molecular weight excluding hydrogens is 448 g/mol. The van der Waals surface area contributed by atoms with Crippen molar-refractivity contribution in [3.63, 3.8) is 0 Å². The normalized spacial score (nSPS) is 16.0. The lowest BCUT2D eigenvalue weighted by atomic mass is 10.1. The number of hydrogen-bond donors (Lipinski definition) is 1. The third kappa shape index (κ3) is 4.59. The van der Waals surface area contributed by atoms with Gasteiger partial charge in [-0.2, -0.15) is 4.52 Å². The van der Waals surface area contributed by atoms with Crippen LogP contribution in [0.1, 0.15) is 34.1 Å². The monoisotopic (exact) mass is 476 g/mol. The number of nitrogens with one attached hydrogen (secondary N) is 1. The Balaban J connectivity index is 1.67. The van der Waals surface area contributed by atoms with E-state index in [0.29, 0.717) is 0 Å². The van der Waals surface area contributed by atoms with Gasteiger partial charge < -0.3 is 10.2 Å². The molecule has 4 rings (SSSR count). The minimum atomic E-state index is -0.0877. The molecule has 0 saturated carbocycles. The fraction of sp³-hybridized carbons (Fsp3) is 0.524. The number of hydrogen-bond acceptors (Lipinski definition) is 6. The molecule has 0 amide bonds. The van der Waals surface area contributed by atoms with Crippen molar-refractivity contribution in [3.8, 4) is 11.3 Å². The van der Waals surface area contributed by atoms with Crippen LogP contribution in [0.2, 0.25) is 0 Å². The van der Waals surface area contributed by atoms with Crippen molar-refractivity contribution in [3.05, 3.63) is 28.7 Å². The first-order chi connectivity index (χ1) is 13.8. The summed E-state index contributed by atoms with van der Waals surface area (Å²) in [6.07, 6.45) is 1.21. The van der Waals surface area contributed by atoms with Gasteiger partial charge in [0.25, 0.3) is 0 Å². The molecule has 3 aromatic rings. The lowest BCUT2D eigenvalue weighted by molar-refractivity contribution is 0.258. The summed E-state index contributed by atoms with van der Waals surface area (Å²) in [6, 6.07) is 8.30. The van der Waals surface area contributed by atoms with Gasteiger partial charge in [-0.1, -0.05) is 46.3 Å². The number of benzene rings is 1. The summed E-state index contributed by atoms with van der Waals surface area (Å²) in [5.41, 5.74) is 1.95. The Bertz CT molecular complexity index is 964. The van der Waals surface area contributed by atoms with Crippen LogP contribution in [0.5, 0.6) is 0 Å². The molecule has 156 valence electrons. The number of fused-ring (bicyclic) bond motifs is 1. The molecule has 0 atom stereocenters. The Morgan fingerprint density at radius 3 is 2.41 bits per heavy atom. The van der Waals surface area contributed by atoms with Crippen molar-refractivity contribution in [2.75, 3.05) is 42.9 Å². The van der Waals surface area contributed by atoms with Gasteiger partial charge in [0.05, 0.1) is 0 Å². The van der Waals surface area contributed by atoms with E-state index in [9.17, 15) is 0 Å². The maximum Gasteiger partial charge on any atom is 0.216 e. The summed E-state index contributed by atoms with van der Waals surface area (Å²) in [7, 11) is 0. The third-order valence-corrected chi connectivity index (χ3v) is 6.48. The van der Waals surface area contributed by atoms with E-state index < -0.39 is 0 Å². The van der Waals surface area contributed by atoms with Crippen molar-refractivity contribution in [1.29, 1.82) is 0 Å². The van der Waals surface area contributed by atoms with Crippen LogP contribution in [0.3, 0.4) is 0 Å². The van der Waals surface area contributed by atoms with Crippen LogP contribution in [-0.2, 0) is 0 Å². The Morgan fingerprint density at radius 2 is 1.79 bits per heavy atom. The molecule has 2 aromatic heterocycles. The molecule has 1 N–H and O–H groups in total. The van der Waals surface area contributed by atoms with Gasteiger partial charge in [0.15, 0.2) is 5.82 Å². The number of halogens is 1. The third-order valence-electron chi connectivity index (χ3n) is 4.99. The molecule has 8 heteroatoms. The van der Waals surface area contributed by atoms with Crippen LogP contribution in [0, 0.1) is 0 Å². The van der Waals surface area contributed by atoms with Crippen molar-refractivity contribution in [2.45, 2.75) is 39.7 Å². The molecule has 0 spiro atoms. The minimum absolute atomic E-state index is 0.0877. The highest BCUT2D eigenvalue weighted by Crippen LogP contribution is 2.35. The molecule has 1 aliphatic heterocycles. The molecule has 0 unspecified atom stereocenters. The highest BCUT2D eigenvalue weighted by Gasteiger charge is 2.25. The fourth-order valence-electron chi connectivity index (χ4n) is 3.62. The van der Waals surface area contributed by atoms with Crippen LogP contribution in [0.25, 0.3) is 16.2 Å². The second kappa shape index (κ2) is 8.24. The molecule has 1 saturated heterocycles. The molecular formula is C21H29BrN6S. The van der Waals surface area contributed by atoms with Gasteiger partial charge in [-0.3, -0.25) is 4.90 Å². The largest absolute Gasteiger partial charge is 0.364 e. The van der Waals surface area contributed by atoms with Gasteiger partial charge in [-0.25, -0.2) is 4.98 Å². The second-order valence-corrected chi connectivity index (χ2v) is 10.4. The van der Waals surface area contributed by atoms with E-state index in [0.717, 1.165) is 57.8 Å². The molecule has 1 aliphatic rings. The van der Waals surface area contributed by atoms with Crippen LogP contribution < -0.4 is 10.2 Å². The predicted molar refractivity (Wildman–Crippen MR) is 126 cm³/mol. The average molecular weight is 477 g/mol. The molecule has 0 aliphatic carbocycles. The molecule has 1 aromatic carbocycles. The standard InChI is InChI=1S/C21H29BrN6S/c1-5-10-26-11-13-27(14-12-26)20-25-28-18(24-21(2,3)4)17(23-19(28)29-20)15-6-8-16(22)9-7-15/h6-9,24H,5,10-14H2,1-4H3. The molecule has 0 radical (unpaired) electrons. The van der Waals surface area contributed by atoms with E-state index in [1.165, 1.54) is 13.0 Å². The molecule has 3 heterocycles. The minimum Gasteiger partial charge on any atom is -0.364 e. The number of anilines is 2. The van der Waals surface area contributed by atoms with Gasteiger partial charge in [-0.05, 0) is 45.9 Å². The van der Waals surface area contributed by atoms with Crippen molar-refractivity contribution < 1.29 is 0 Å². The van der Waals surface area contributed by atoms with Gasteiger partial charge in [0.1, 0.15) is 5.69 Å². The van der Waals surface area contributed by atoms with E-state index in [1.54, 1.807) is 11.3 Å². The second-order valence-electron chi connectivity index (χ2n) is 8.60. The van der Waals surface area contributed by atoms with Crippen LogP contribution in [-0.4, -0.2) is 57.8 Å². The zero-order valence-electron chi connectivity index (χ0n) is 17.6. The van der Waals surface area contributed by atoms with Crippen molar-refractivity contribution in [1.82, 2.24) is 19.5 Å². The number of piperazine rings is 1. The average Bonchev–Trinajstić information content (AvgIpc) is 3.22. The van der Waals surface area contributed by atoms with E-state index in [-0.39, 0.29) is 5.54 Å². The predicted octanol–water partition coefficient (Wildman–Crippen LogP) is 4.96. The smallest absolute Gasteiger partial charge is 0.216 e.